The smallest absolute Gasteiger partial charge is 0.345 e. The van der Waals surface area contributed by atoms with Gasteiger partial charge in [0, 0.05) is 17.0 Å². The summed E-state index contributed by atoms with van der Waals surface area (Å²) in [5.41, 5.74) is 0.661. The number of fused-ring (bicyclic) bond motifs is 1. The molecule has 2 aromatic rings. The summed E-state index contributed by atoms with van der Waals surface area (Å²) in [5.74, 6) is -1.06. The van der Waals surface area contributed by atoms with Crippen LogP contribution >= 0.6 is 11.3 Å². The molecule has 2 rings (SSSR count). The quantitative estimate of drug-likeness (QED) is 0.803. The van der Waals surface area contributed by atoms with Gasteiger partial charge >= 0.3 is 5.97 Å². The fraction of sp³-hybridized carbons (Fsp3) is 0.286. The number of carboxylic acid groups (broad SMARTS) is 1. The number of nitrogens with one attached hydrogen (secondary N) is 1. The van der Waals surface area contributed by atoms with E-state index in [4.69, 9.17) is 9.84 Å². The Labute approximate surface area is 120 Å². The van der Waals surface area contributed by atoms with E-state index in [-0.39, 0.29) is 5.91 Å². The van der Waals surface area contributed by atoms with E-state index >= 15 is 0 Å². The molecule has 0 radical (unpaired) electrons. The molecule has 1 aromatic carbocycles. The Morgan fingerprint density at radius 3 is 2.85 bits per heavy atom. The highest BCUT2D eigenvalue weighted by molar-refractivity contribution is 7.20. The van der Waals surface area contributed by atoms with Crippen molar-refractivity contribution in [2.45, 2.75) is 13.3 Å². The summed E-state index contributed by atoms with van der Waals surface area (Å²) in [6.07, 6.45) is 0.301. The summed E-state index contributed by atoms with van der Waals surface area (Å²) >= 11 is 1.22. The number of carbonyl (C=O) groups excluding carboxylic acids is 1. The van der Waals surface area contributed by atoms with Crippen LogP contribution in [0.25, 0.3) is 10.1 Å². The second kappa shape index (κ2) is 6.49. The first-order valence-electron chi connectivity index (χ1n) is 6.24. The normalized spacial score (nSPS) is 10.7. The molecule has 0 aliphatic heterocycles. The van der Waals surface area contributed by atoms with Gasteiger partial charge in [-0.25, -0.2) is 4.79 Å². The summed E-state index contributed by atoms with van der Waals surface area (Å²) < 4.78 is 6.00. The molecule has 1 amide bonds. The van der Waals surface area contributed by atoms with Crippen molar-refractivity contribution in [1.82, 2.24) is 0 Å². The number of thiophene rings is 1. The number of hydrogen-bond acceptors (Lipinski definition) is 4. The van der Waals surface area contributed by atoms with E-state index in [1.165, 1.54) is 11.3 Å². The van der Waals surface area contributed by atoms with Gasteiger partial charge in [0.2, 0.25) is 5.91 Å². The lowest BCUT2D eigenvalue weighted by molar-refractivity contribution is -0.117. The highest BCUT2D eigenvalue weighted by atomic mass is 32.1. The van der Waals surface area contributed by atoms with Crippen molar-refractivity contribution >= 4 is 39.0 Å². The number of amides is 1. The predicted molar refractivity (Wildman–Crippen MR) is 78.5 cm³/mol. The van der Waals surface area contributed by atoms with Gasteiger partial charge in [-0.15, -0.1) is 11.3 Å². The molecule has 6 heteroatoms. The minimum absolute atomic E-state index is 0.119. The van der Waals surface area contributed by atoms with Crippen LogP contribution in [-0.4, -0.2) is 30.2 Å². The first-order valence-corrected chi connectivity index (χ1v) is 7.06. The molecule has 1 aromatic heterocycles. The molecule has 2 N–H and O–H groups in total. The average Bonchev–Trinajstić information content (AvgIpc) is 2.82. The Bertz CT molecular complexity index is 635. The van der Waals surface area contributed by atoms with Gasteiger partial charge in [0.25, 0.3) is 0 Å². The van der Waals surface area contributed by atoms with Crippen LogP contribution in [0.5, 0.6) is 0 Å². The average molecular weight is 293 g/mol. The molecule has 0 aliphatic rings. The minimum Gasteiger partial charge on any atom is -0.477 e. The van der Waals surface area contributed by atoms with Crippen LogP contribution in [0.1, 0.15) is 23.0 Å². The highest BCUT2D eigenvalue weighted by Gasteiger charge is 2.09. The lowest BCUT2D eigenvalue weighted by Gasteiger charge is -2.05. The number of ether oxygens (including phenoxy) is 1. The van der Waals surface area contributed by atoms with Gasteiger partial charge in [-0.3, -0.25) is 4.79 Å². The number of carboxylic acids is 1. The third-order valence-corrected chi connectivity index (χ3v) is 3.79. The number of aromatic carboxylic acids is 1. The van der Waals surface area contributed by atoms with E-state index in [1.807, 2.05) is 13.0 Å². The number of benzene rings is 1. The maximum atomic E-state index is 11.7. The number of carbonyl (C=O) groups is 2. The molecule has 0 atom stereocenters. The van der Waals surface area contributed by atoms with E-state index in [1.54, 1.807) is 18.2 Å². The van der Waals surface area contributed by atoms with E-state index in [0.717, 1.165) is 10.1 Å². The summed E-state index contributed by atoms with van der Waals surface area (Å²) in [4.78, 5) is 22.9. The van der Waals surface area contributed by atoms with Gasteiger partial charge in [-0.1, -0.05) is 0 Å². The monoisotopic (exact) mass is 293 g/mol. The molecule has 1 heterocycles. The van der Waals surface area contributed by atoms with Gasteiger partial charge in [0.05, 0.1) is 13.0 Å². The molecule has 106 valence electrons. The Hall–Kier alpha value is -1.92. The lowest BCUT2D eigenvalue weighted by atomic mass is 10.2. The van der Waals surface area contributed by atoms with Crippen LogP contribution in [0, 0.1) is 0 Å². The standard InChI is InChI=1S/C14H15NO4S/c1-2-19-6-5-13(16)15-10-3-4-11-9(7-10)8-12(20-11)14(17)18/h3-4,7-8H,2,5-6H2,1H3,(H,15,16)(H,17,18). The molecule has 0 unspecified atom stereocenters. The van der Waals surface area contributed by atoms with Gasteiger partial charge in [0.1, 0.15) is 4.88 Å². The van der Waals surface area contributed by atoms with Gasteiger partial charge in [0.15, 0.2) is 0 Å². The van der Waals surface area contributed by atoms with Crippen molar-refractivity contribution in [3.63, 3.8) is 0 Å². The first kappa shape index (κ1) is 14.5. The van der Waals surface area contributed by atoms with E-state index in [0.29, 0.717) is 30.2 Å². The largest absolute Gasteiger partial charge is 0.477 e. The molecule has 0 aliphatic carbocycles. The van der Waals surface area contributed by atoms with Crippen LogP contribution in [0.15, 0.2) is 24.3 Å². The van der Waals surface area contributed by atoms with Gasteiger partial charge in [-0.2, -0.15) is 0 Å². The number of anilines is 1. The third-order valence-electron chi connectivity index (χ3n) is 2.69. The SMILES string of the molecule is CCOCCC(=O)Nc1ccc2sc(C(=O)O)cc2c1. The van der Waals surface area contributed by atoms with E-state index in [2.05, 4.69) is 5.32 Å². The third kappa shape index (κ3) is 3.55. The Morgan fingerprint density at radius 2 is 2.15 bits per heavy atom. The van der Waals surface area contributed by atoms with Gasteiger partial charge < -0.3 is 15.2 Å². The minimum atomic E-state index is -0.937. The topological polar surface area (TPSA) is 75.6 Å². The second-order valence-electron chi connectivity index (χ2n) is 4.16. The summed E-state index contributed by atoms with van der Waals surface area (Å²) in [7, 11) is 0. The molecule has 0 saturated heterocycles. The second-order valence-corrected chi connectivity index (χ2v) is 5.25. The van der Waals surface area contributed by atoms with Crippen molar-refractivity contribution in [2.75, 3.05) is 18.5 Å². The summed E-state index contributed by atoms with van der Waals surface area (Å²) in [6, 6.07) is 6.96. The van der Waals surface area contributed by atoms with Crippen LogP contribution in [0.2, 0.25) is 0 Å². The number of hydrogen-bond donors (Lipinski definition) is 2. The van der Waals surface area contributed by atoms with Crippen molar-refractivity contribution in [3.05, 3.63) is 29.1 Å². The molecule has 0 bridgehead atoms. The van der Waals surface area contributed by atoms with Crippen molar-refractivity contribution in [1.29, 1.82) is 0 Å². The van der Waals surface area contributed by atoms with Crippen molar-refractivity contribution in [3.8, 4) is 0 Å². The Morgan fingerprint density at radius 1 is 1.35 bits per heavy atom. The zero-order valence-corrected chi connectivity index (χ0v) is 11.8. The fourth-order valence-electron chi connectivity index (χ4n) is 1.76. The maximum absolute atomic E-state index is 11.7. The summed E-state index contributed by atoms with van der Waals surface area (Å²) in [6.45, 7) is 2.86. The zero-order chi connectivity index (χ0) is 14.5. The van der Waals surface area contributed by atoms with Gasteiger partial charge in [-0.05, 0) is 36.6 Å². The predicted octanol–water partition coefficient (Wildman–Crippen LogP) is 2.96. The van der Waals surface area contributed by atoms with Crippen molar-refractivity contribution < 1.29 is 19.4 Å². The van der Waals surface area contributed by atoms with Crippen LogP contribution < -0.4 is 5.32 Å². The lowest BCUT2D eigenvalue weighted by Crippen LogP contribution is -2.13. The van der Waals surface area contributed by atoms with Crippen LogP contribution in [-0.2, 0) is 9.53 Å². The molecular formula is C14H15NO4S. The molecule has 20 heavy (non-hydrogen) atoms. The molecule has 0 spiro atoms. The first-order chi connectivity index (χ1) is 9.60. The Balaban J connectivity index is 2.07. The number of rotatable bonds is 6. The Kier molecular flexibility index (Phi) is 4.70. The van der Waals surface area contributed by atoms with Crippen LogP contribution in [0.3, 0.4) is 0 Å². The molecule has 0 saturated carbocycles. The fourth-order valence-corrected chi connectivity index (χ4v) is 2.64. The van der Waals surface area contributed by atoms with Crippen molar-refractivity contribution in [2.24, 2.45) is 0 Å². The molecular weight excluding hydrogens is 278 g/mol. The zero-order valence-electron chi connectivity index (χ0n) is 11.0. The highest BCUT2D eigenvalue weighted by Crippen LogP contribution is 2.28. The molecule has 0 fully saturated rings. The van der Waals surface area contributed by atoms with E-state index < -0.39 is 5.97 Å². The van der Waals surface area contributed by atoms with E-state index in [9.17, 15) is 9.59 Å². The summed E-state index contributed by atoms with van der Waals surface area (Å²) in [5, 5.41) is 12.5. The van der Waals surface area contributed by atoms with Crippen LogP contribution in [0.4, 0.5) is 5.69 Å². The molecule has 5 nitrogen and oxygen atoms in total. The maximum Gasteiger partial charge on any atom is 0.345 e.